The van der Waals surface area contributed by atoms with Crippen LogP contribution in [-0.4, -0.2) is 45.8 Å². The van der Waals surface area contributed by atoms with E-state index in [0.717, 1.165) is 79.0 Å². The van der Waals surface area contributed by atoms with E-state index < -0.39 is 0 Å². The molecule has 2 aromatic carbocycles. The number of piperidine rings is 1. The van der Waals surface area contributed by atoms with E-state index in [-0.39, 0.29) is 23.5 Å². The van der Waals surface area contributed by atoms with Crippen LogP contribution >= 0.6 is 0 Å². The predicted octanol–water partition coefficient (Wildman–Crippen LogP) is 7.15. The zero-order chi connectivity index (χ0) is 30.8. The maximum atomic E-state index is 13.3. The summed E-state index contributed by atoms with van der Waals surface area (Å²) in [4.78, 5) is 28.6. The number of carbonyl (C=O) groups excluding carboxylic acids is 2. The standard InChI is InChI=1S/C36H43N5O3/c1-24-9-13-29(14-10-24)41-33(23-32(39-41)36(2,3)4)38-35(43)37-30-8-6-5-7-27(30)21-25-15-18-40(19-16-25)34(42)28-12-11-26-17-20-44-31(26)22-28/h5-10,13-14,17,20,22-23,25-26,31H,11-12,15-16,18-19,21H2,1-4H3,(H2,37,38,43). The molecular weight excluding hydrogens is 550 g/mol. The SMILES string of the molecule is Cc1ccc(-n2nc(C(C)(C)C)cc2NC(=O)Nc2ccccc2CC2CCN(C(=O)C3=CC4OC=CC4CC3)CC2)cc1. The van der Waals surface area contributed by atoms with E-state index in [4.69, 9.17) is 9.84 Å². The highest BCUT2D eigenvalue weighted by Gasteiger charge is 2.32. The number of aryl methyl sites for hydroxylation is 1. The summed E-state index contributed by atoms with van der Waals surface area (Å²) in [7, 11) is 0. The largest absolute Gasteiger partial charge is 0.494 e. The zero-order valence-corrected chi connectivity index (χ0v) is 26.2. The number of hydrogen-bond donors (Lipinski definition) is 2. The Morgan fingerprint density at radius 1 is 1.00 bits per heavy atom. The molecule has 2 aliphatic heterocycles. The van der Waals surface area contributed by atoms with Gasteiger partial charge in [-0.25, -0.2) is 9.48 Å². The van der Waals surface area contributed by atoms with Gasteiger partial charge in [-0.1, -0.05) is 56.7 Å². The molecule has 3 heterocycles. The Morgan fingerprint density at radius 3 is 2.50 bits per heavy atom. The van der Waals surface area contributed by atoms with Crippen LogP contribution in [-0.2, 0) is 21.4 Å². The Morgan fingerprint density at radius 2 is 1.75 bits per heavy atom. The fourth-order valence-electron chi connectivity index (χ4n) is 6.32. The summed E-state index contributed by atoms with van der Waals surface area (Å²) in [5, 5.41) is 11.0. The summed E-state index contributed by atoms with van der Waals surface area (Å²) in [5.41, 5.74) is 5.57. The third kappa shape index (κ3) is 6.59. The van der Waals surface area contributed by atoms with Crippen molar-refractivity contribution < 1.29 is 14.3 Å². The molecule has 0 radical (unpaired) electrons. The third-order valence-corrected chi connectivity index (χ3v) is 9.04. The van der Waals surface area contributed by atoms with Crippen LogP contribution < -0.4 is 10.6 Å². The van der Waals surface area contributed by atoms with E-state index in [9.17, 15) is 9.59 Å². The molecule has 0 bridgehead atoms. The fraction of sp³-hybridized carbons (Fsp3) is 0.417. The zero-order valence-electron chi connectivity index (χ0n) is 26.2. The number of likely N-dealkylation sites (tertiary alicyclic amines) is 1. The minimum Gasteiger partial charge on any atom is -0.494 e. The van der Waals surface area contributed by atoms with Crippen LogP contribution in [0.2, 0.25) is 0 Å². The number of ether oxygens (including phenoxy) is 1. The molecule has 3 aromatic rings. The number of amides is 3. The number of nitrogens with zero attached hydrogens (tertiary/aromatic N) is 3. The minimum atomic E-state index is -0.309. The fourth-order valence-corrected chi connectivity index (χ4v) is 6.32. The first-order chi connectivity index (χ1) is 21.1. The van der Waals surface area contributed by atoms with Gasteiger partial charge < -0.3 is 15.0 Å². The summed E-state index contributed by atoms with van der Waals surface area (Å²) >= 11 is 0. The van der Waals surface area contributed by atoms with E-state index in [2.05, 4.69) is 43.5 Å². The van der Waals surface area contributed by atoms with Crippen molar-refractivity contribution in [3.05, 3.63) is 95.4 Å². The molecule has 2 N–H and O–H groups in total. The second-order valence-electron chi connectivity index (χ2n) is 13.4. The number of benzene rings is 2. The first-order valence-corrected chi connectivity index (χ1v) is 15.8. The second kappa shape index (κ2) is 12.3. The summed E-state index contributed by atoms with van der Waals surface area (Å²) < 4.78 is 7.45. The van der Waals surface area contributed by atoms with Crippen molar-refractivity contribution in [1.29, 1.82) is 0 Å². The number of para-hydroxylation sites is 1. The number of carbonyl (C=O) groups is 2. The van der Waals surface area contributed by atoms with Gasteiger partial charge >= 0.3 is 6.03 Å². The summed E-state index contributed by atoms with van der Waals surface area (Å²) in [6.07, 6.45) is 10.4. The molecule has 1 aliphatic carbocycles. The van der Waals surface area contributed by atoms with E-state index >= 15 is 0 Å². The highest BCUT2D eigenvalue weighted by atomic mass is 16.5. The Balaban J connectivity index is 1.08. The van der Waals surface area contributed by atoms with E-state index in [1.807, 2.05) is 66.4 Å². The van der Waals surface area contributed by atoms with Gasteiger partial charge in [-0.15, -0.1) is 0 Å². The first-order valence-electron chi connectivity index (χ1n) is 15.8. The van der Waals surface area contributed by atoms with Gasteiger partial charge in [0.25, 0.3) is 0 Å². The normalized spacial score (nSPS) is 20.1. The molecule has 6 rings (SSSR count). The van der Waals surface area contributed by atoms with E-state index in [0.29, 0.717) is 17.7 Å². The smallest absolute Gasteiger partial charge is 0.324 e. The molecule has 1 saturated heterocycles. The van der Waals surface area contributed by atoms with Crippen molar-refractivity contribution in [1.82, 2.24) is 14.7 Å². The molecule has 0 saturated carbocycles. The van der Waals surface area contributed by atoms with Gasteiger partial charge in [0, 0.05) is 41.7 Å². The second-order valence-corrected chi connectivity index (χ2v) is 13.4. The molecule has 1 fully saturated rings. The highest BCUT2D eigenvalue weighted by molar-refractivity contribution is 6.00. The molecule has 230 valence electrons. The molecule has 3 aliphatic rings. The van der Waals surface area contributed by atoms with Crippen LogP contribution in [0.5, 0.6) is 0 Å². The lowest BCUT2D eigenvalue weighted by molar-refractivity contribution is -0.128. The molecule has 3 amide bonds. The van der Waals surface area contributed by atoms with Crippen LogP contribution in [0.1, 0.15) is 63.3 Å². The summed E-state index contributed by atoms with van der Waals surface area (Å²) in [5.74, 6) is 1.62. The number of nitrogens with one attached hydrogen (secondary N) is 2. The van der Waals surface area contributed by atoms with E-state index in [1.165, 1.54) is 0 Å². The van der Waals surface area contributed by atoms with Gasteiger partial charge in [0.05, 0.1) is 17.6 Å². The van der Waals surface area contributed by atoms with Crippen LogP contribution in [0.15, 0.2) is 78.6 Å². The minimum absolute atomic E-state index is 0.0187. The average molecular weight is 594 g/mol. The van der Waals surface area contributed by atoms with Gasteiger partial charge in [-0.2, -0.15) is 5.10 Å². The van der Waals surface area contributed by atoms with E-state index in [1.54, 1.807) is 10.9 Å². The van der Waals surface area contributed by atoms with Crippen molar-refractivity contribution in [3.63, 3.8) is 0 Å². The number of rotatable bonds is 6. The van der Waals surface area contributed by atoms with Crippen LogP contribution in [0, 0.1) is 18.8 Å². The van der Waals surface area contributed by atoms with Crippen LogP contribution in [0.3, 0.4) is 0 Å². The monoisotopic (exact) mass is 593 g/mol. The van der Waals surface area contributed by atoms with Crippen LogP contribution in [0.25, 0.3) is 5.69 Å². The van der Waals surface area contributed by atoms with Gasteiger partial charge in [0.1, 0.15) is 11.9 Å². The first kappa shape index (κ1) is 29.7. The van der Waals surface area contributed by atoms with Gasteiger partial charge in [0.2, 0.25) is 5.91 Å². The highest BCUT2D eigenvalue weighted by Crippen LogP contribution is 2.33. The summed E-state index contributed by atoms with van der Waals surface area (Å²) in [6, 6.07) is 17.7. The Labute approximate surface area is 260 Å². The maximum absolute atomic E-state index is 13.3. The maximum Gasteiger partial charge on any atom is 0.324 e. The lowest BCUT2D eigenvalue weighted by Crippen LogP contribution is -2.40. The third-order valence-electron chi connectivity index (χ3n) is 9.04. The Hall–Kier alpha value is -4.33. The van der Waals surface area contributed by atoms with Crippen molar-refractivity contribution in [3.8, 4) is 5.69 Å². The number of urea groups is 1. The van der Waals surface area contributed by atoms with Crippen molar-refractivity contribution in [2.24, 2.45) is 11.8 Å². The van der Waals surface area contributed by atoms with Gasteiger partial charge in [-0.05, 0) is 80.9 Å². The molecule has 2 atom stereocenters. The Kier molecular flexibility index (Phi) is 8.34. The number of fused-ring (bicyclic) bond motifs is 1. The number of hydrogen-bond acceptors (Lipinski definition) is 4. The average Bonchev–Trinajstić information content (AvgIpc) is 3.66. The predicted molar refractivity (Wildman–Crippen MR) is 174 cm³/mol. The van der Waals surface area contributed by atoms with Gasteiger partial charge in [-0.3, -0.25) is 10.1 Å². The quantitative estimate of drug-likeness (QED) is 0.318. The molecule has 8 heteroatoms. The van der Waals surface area contributed by atoms with Crippen LogP contribution in [0.4, 0.5) is 16.3 Å². The Bertz CT molecular complexity index is 1570. The molecule has 1 aromatic heterocycles. The van der Waals surface area contributed by atoms with Gasteiger partial charge in [0.15, 0.2) is 0 Å². The van der Waals surface area contributed by atoms with Crippen molar-refractivity contribution in [2.45, 2.75) is 71.3 Å². The molecule has 8 nitrogen and oxygen atoms in total. The summed E-state index contributed by atoms with van der Waals surface area (Å²) in [6.45, 7) is 9.89. The molecular formula is C36H43N5O3. The number of aromatic nitrogens is 2. The molecule has 44 heavy (non-hydrogen) atoms. The lowest BCUT2D eigenvalue weighted by atomic mass is 9.86. The number of anilines is 2. The lowest BCUT2D eigenvalue weighted by Gasteiger charge is -2.34. The molecule has 2 unspecified atom stereocenters. The van der Waals surface area contributed by atoms with Crippen molar-refractivity contribution in [2.75, 3.05) is 23.7 Å². The molecule has 0 spiro atoms. The van der Waals surface area contributed by atoms with Crippen molar-refractivity contribution >= 4 is 23.4 Å². The topological polar surface area (TPSA) is 88.5 Å².